The molecule has 0 spiro atoms. The minimum atomic E-state index is -3.62. The summed E-state index contributed by atoms with van der Waals surface area (Å²) in [5.41, 5.74) is 0.819. The van der Waals surface area contributed by atoms with E-state index in [0.29, 0.717) is 5.75 Å². The number of sulfonamides is 1. The van der Waals surface area contributed by atoms with E-state index in [1.807, 2.05) is 0 Å². The Hall–Kier alpha value is -2.32. The van der Waals surface area contributed by atoms with Crippen LogP contribution in [0.5, 0.6) is 5.75 Å². The summed E-state index contributed by atoms with van der Waals surface area (Å²) in [7, 11) is -3.62. The molecule has 0 aliphatic carbocycles. The predicted molar refractivity (Wildman–Crippen MR) is 74.4 cm³/mol. The molecule has 21 heavy (non-hydrogen) atoms. The number of nitrogens with one attached hydrogen (secondary N) is 2. The van der Waals surface area contributed by atoms with Gasteiger partial charge in [-0.25, -0.2) is 17.9 Å². The van der Waals surface area contributed by atoms with E-state index in [1.165, 1.54) is 24.3 Å². The third-order valence-corrected chi connectivity index (χ3v) is 4.04. The summed E-state index contributed by atoms with van der Waals surface area (Å²) < 4.78 is 31.5. The van der Waals surface area contributed by atoms with Gasteiger partial charge in [0.2, 0.25) is 10.0 Å². The van der Waals surface area contributed by atoms with Crippen LogP contribution < -0.4 is 9.46 Å². The molecule has 0 bridgehead atoms. The Labute approximate surface area is 121 Å². The molecule has 0 saturated heterocycles. The van der Waals surface area contributed by atoms with Gasteiger partial charge in [0.05, 0.1) is 4.90 Å². The van der Waals surface area contributed by atoms with E-state index in [9.17, 15) is 13.2 Å². The summed E-state index contributed by atoms with van der Waals surface area (Å²) in [6, 6.07) is 7.31. The van der Waals surface area contributed by atoms with Crippen LogP contribution in [-0.2, 0) is 21.4 Å². The summed E-state index contributed by atoms with van der Waals surface area (Å²) in [5, 5.41) is 8.49. The number of carboxylic acid groups (broad SMARTS) is 1. The summed E-state index contributed by atoms with van der Waals surface area (Å²) in [5.74, 6) is -0.804. The number of rotatable bonds is 7. The smallest absolute Gasteiger partial charge is 0.341 e. The Morgan fingerprint density at radius 3 is 2.52 bits per heavy atom. The van der Waals surface area contributed by atoms with E-state index in [-0.39, 0.29) is 11.4 Å². The van der Waals surface area contributed by atoms with Crippen LogP contribution in [0, 0.1) is 0 Å². The fraction of sp³-hybridized carbons (Fsp3) is 0.154. The number of benzene rings is 1. The van der Waals surface area contributed by atoms with Crippen molar-refractivity contribution >= 4 is 16.0 Å². The number of carboxylic acids is 1. The van der Waals surface area contributed by atoms with Crippen molar-refractivity contribution in [2.75, 3.05) is 6.61 Å². The van der Waals surface area contributed by atoms with E-state index >= 15 is 0 Å². The molecular formula is C13H14N2O5S. The number of hydrogen-bond acceptors (Lipinski definition) is 4. The molecule has 7 nitrogen and oxygen atoms in total. The molecule has 0 fully saturated rings. The standard InChI is InChI=1S/C13H14N2O5S/c16-13(17)9-20-11-1-3-12(4-2-11)21(18,19)15-8-10-5-6-14-7-10/h1-7,14-15H,8-9H2,(H,16,17). The van der Waals surface area contributed by atoms with Gasteiger partial charge in [-0.2, -0.15) is 0 Å². The van der Waals surface area contributed by atoms with Crippen LogP contribution in [0.15, 0.2) is 47.6 Å². The van der Waals surface area contributed by atoms with Gasteiger partial charge in [-0.3, -0.25) is 0 Å². The molecule has 0 atom stereocenters. The summed E-state index contributed by atoms with van der Waals surface area (Å²) in [4.78, 5) is 13.3. The lowest BCUT2D eigenvalue weighted by molar-refractivity contribution is -0.139. The predicted octanol–water partition coefficient (Wildman–Crippen LogP) is 0.957. The van der Waals surface area contributed by atoms with Crippen LogP contribution >= 0.6 is 0 Å². The Morgan fingerprint density at radius 1 is 1.24 bits per heavy atom. The third kappa shape index (κ3) is 4.33. The van der Waals surface area contributed by atoms with Crippen LogP contribution in [0.25, 0.3) is 0 Å². The van der Waals surface area contributed by atoms with Crippen LogP contribution in [0.4, 0.5) is 0 Å². The average Bonchev–Trinajstić information content (AvgIpc) is 2.97. The molecule has 1 aromatic carbocycles. The highest BCUT2D eigenvalue weighted by Crippen LogP contribution is 2.16. The van der Waals surface area contributed by atoms with Crippen LogP contribution in [0.2, 0.25) is 0 Å². The van der Waals surface area contributed by atoms with Crippen molar-refractivity contribution in [3.05, 3.63) is 48.3 Å². The minimum absolute atomic E-state index is 0.0840. The molecule has 2 aromatic rings. The molecule has 3 N–H and O–H groups in total. The van der Waals surface area contributed by atoms with Gasteiger partial charge in [-0.05, 0) is 35.9 Å². The molecule has 0 aliphatic rings. The first-order chi connectivity index (χ1) is 9.97. The largest absolute Gasteiger partial charge is 0.482 e. The fourth-order valence-electron chi connectivity index (χ4n) is 1.59. The Morgan fingerprint density at radius 2 is 1.95 bits per heavy atom. The van der Waals surface area contributed by atoms with Crippen LogP contribution in [0.3, 0.4) is 0 Å². The van der Waals surface area contributed by atoms with Crippen LogP contribution in [-0.4, -0.2) is 31.1 Å². The molecule has 112 valence electrons. The summed E-state index contributed by atoms with van der Waals surface area (Å²) in [6.07, 6.45) is 3.41. The molecule has 0 amide bonds. The maximum Gasteiger partial charge on any atom is 0.341 e. The zero-order valence-electron chi connectivity index (χ0n) is 10.9. The van der Waals surface area contributed by atoms with Gasteiger partial charge >= 0.3 is 5.97 Å². The second-order valence-electron chi connectivity index (χ2n) is 4.20. The second-order valence-corrected chi connectivity index (χ2v) is 5.96. The lowest BCUT2D eigenvalue weighted by atomic mass is 10.3. The molecular weight excluding hydrogens is 296 g/mol. The molecule has 0 saturated carbocycles. The number of ether oxygens (including phenoxy) is 1. The van der Waals surface area contributed by atoms with Gasteiger partial charge in [0, 0.05) is 18.9 Å². The van der Waals surface area contributed by atoms with Gasteiger partial charge in [0.25, 0.3) is 0 Å². The lowest BCUT2D eigenvalue weighted by Gasteiger charge is -2.07. The topological polar surface area (TPSA) is 108 Å². The van der Waals surface area contributed by atoms with E-state index < -0.39 is 22.6 Å². The highest BCUT2D eigenvalue weighted by atomic mass is 32.2. The van der Waals surface area contributed by atoms with Crippen molar-refractivity contribution in [2.45, 2.75) is 11.4 Å². The number of hydrogen-bond donors (Lipinski definition) is 3. The van der Waals surface area contributed by atoms with E-state index in [2.05, 4.69) is 9.71 Å². The number of aromatic amines is 1. The molecule has 2 rings (SSSR count). The van der Waals surface area contributed by atoms with Gasteiger partial charge in [0.15, 0.2) is 6.61 Å². The molecule has 1 aromatic heterocycles. The maximum atomic E-state index is 12.0. The van der Waals surface area contributed by atoms with E-state index in [4.69, 9.17) is 9.84 Å². The highest BCUT2D eigenvalue weighted by Gasteiger charge is 2.13. The van der Waals surface area contributed by atoms with Crippen molar-refractivity contribution in [3.8, 4) is 5.75 Å². The van der Waals surface area contributed by atoms with E-state index in [1.54, 1.807) is 18.5 Å². The van der Waals surface area contributed by atoms with E-state index in [0.717, 1.165) is 5.56 Å². The SMILES string of the molecule is O=C(O)COc1ccc(S(=O)(=O)NCc2cc[nH]c2)cc1. The monoisotopic (exact) mass is 310 g/mol. The first-order valence-electron chi connectivity index (χ1n) is 6.03. The van der Waals surface area contributed by atoms with Crippen molar-refractivity contribution < 1.29 is 23.1 Å². The summed E-state index contributed by atoms with van der Waals surface area (Å²) >= 11 is 0. The zero-order valence-corrected chi connectivity index (χ0v) is 11.8. The number of aliphatic carboxylic acids is 1. The van der Waals surface area contributed by atoms with Crippen molar-refractivity contribution in [1.29, 1.82) is 0 Å². The Bertz CT molecular complexity index is 693. The fourth-order valence-corrected chi connectivity index (χ4v) is 2.61. The normalized spacial score (nSPS) is 11.2. The first kappa shape index (κ1) is 15.1. The van der Waals surface area contributed by atoms with Crippen LogP contribution in [0.1, 0.15) is 5.56 Å². The Kier molecular flexibility index (Phi) is 4.61. The van der Waals surface area contributed by atoms with Crippen molar-refractivity contribution in [1.82, 2.24) is 9.71 Å². The van der Waals surface area contributed by atoms with Crippen molar-refractivity contribution in [3.63, 3.8) is 0 Å². The molecule has 0 unspecified atom stereocenters. The summed E-state index contributed by atoms with van der Waals surface area (Å²) in [6.45, 7) is -0.291. The minimum Gasteiger partial charge on any atom is -0.482 e. The average molecular weight is 310 g/mol. The van der Waals surface area contributed by atoms with Gasteiger partial charge in [0.1, 0.15) is 5.75 Å². The van der Waals surface area contributed by atoms with Gasteiger partial charge in [-0.1, -0.05) is 0 Å². The number of H-pyrrole nitrogens is 1. The number of carbonyl (C=O) groups is 1. The van der Waals surface area contributed by atoms with Gasteiger partial charge < -0.3 is 14.8 Å². The molecule has 8 heteroatoms. The maximum absolute atomic E-state index is 12.0. The lowest BCUT2D eigenvalue weighted by Crippen LogP contribution is -2.23. The zero-order chi connectivity index (χ0) is 15.3. The number of aromatic nitrogens is 1. The molecule has 1 heterocycles. The van der Waals surface area contributed by atoms with Gasteiger partial charge in [-0.15, -0.1) is 0 Å². The first-order valence-corrected chi connectivity index (χ1v) is 7.52. The highest BCUT2D eigenvalue weighted by molar-refractivity contribution is 7.89. The molecule has 0 aliphatic heterocycles. The molecule has 0 radical (unpaired) electrons. The third-order valence-electron chi connectivity index (χ3n) is 2.63. The second kappa shape index (κ2) is 6.42. The van der Waals surface area contributed by atoms with Crippen molar-refractivity contribution in [2.24, 2.45) is 0 Å². The Balaban J connectivity index is 2.01. The quantitative estimate of drug-likeness (QED) is 0.706.